The van der Waals surface area contributed by atoms with Gasteiger partial charge in [0.05, 0.1) is 6.17 Å². The SMILES string of the molecule is CC1CNC(N=CC2CNC(C)NC2)NC1. The van der Waals surface area contributed by atoms with Gasteiger partial charge in [0, 0.05) is 38.3 Å². The zero-order valence-corrected chi connectivity index (χ0v) is 10.2. The first-order valence-corrected chi connectivity index (χ1v) is 6.21. The van der Waals surface area contributed by atoms with Gasteiger partial charge in [-0.2, -0.15) is 0 Å². The Morgan fingerprint density at radius 3 is 2.19 bits per heavy atom. The monoisotopic (exact) mass is 225 g/mol. The maximum Gasteiger partial charge on any atom is 0.153 e. The molecule has 0 aliphatic carbocycles. The zero-order valence-electron chi connectivity index (χ0n) is 10.2. The number of nitrogens with one attached hydrogen (secondary N) is 4. The van der Waals surface area contributed by atoms with Crippen LogP contribution in [-0.4, -0.2) is 44.8 Å². The van der Waals surface area contributed by atoms with Crippen molar-refractivity contribution in [3.05, 3.63) is 0 Å². The third-order valence-corrected chi connectivity index (χ3v) is 3.14. The predicted molar refractivity (Wildman–Crippen MR) is 66.4 cm³/mol. The van der Waals surface area contributed by atoms with Crippen LogP contribution in [0.15, 0.2) is 4.99 Å². The van der Waals surface area contributed by atoms with E-state index in [9.17, 15) is 0 Å². The van der Waals surface area contributed by atoms with E-state index in [1.54, 1.807) is 0 Å². The first kappa shape index (κ1) is 12.0. The minimum Gasteiger partial charge on any atom is -0.301 e. The van der Waals surface area contributed by atoms with E-state index in [1.807, 2.05) is 0 Å². The summed E-state index contributed by atoms with van der Waals surface area (Å²) in [4.78, 5) is 4.54. The van der Waals surface area contributed by atoms with Crippen molar-refractivity contribution in [3.63, 3.8) is 0 Å². The zero-order chi connectivity index (χ0) is 11.4. The average Bonchev–Trinajstić information content (AvgIpc) is 2.30. The summed E-state index contributed by atoms with van der Waals surface area (Å²) in [6.45, 7) is 8.50. The number of aliphatic imine (C=N–C) groups is 1. The smallest absolute Gasteiger partial charge is 0.153 e. The van der Waals surface area contributed by atoms with Crippen LogP contribution in [0.25, 0.3) is 0 Å². The number of nitrogens with zero attached hydrogens (tertiary/aromatic N) is 1. The molecule has 0 spiro atoms. The van der Waals surface area contributed by atoms with Crippen LogP contribution in [0, 0.1) is 11.8 Å². The van der Waals surface area contributed by atoms with Gasteiger partial charge in [-0.05, 0) is 12.8 Å². The lowest BCUT2D eigenvalue weighted by atomic mass is 10.1. The molecular formula is C11H23N5. The summed E-state index contributed by atoms with van der Waals surface area (Å²) < 4.78 is 0. The van der Waals surface area contributed by atoms with Crippen molar-refractivity contribution in [2.45, 2.75) is 26.3 Å². The van der Waals surface area contributed by atoms with Gasteiger partial charge in [-0.25, -0.2) is 0 Å². The number of rotatable bonds is 2. The second-order valence-corrected chi connectivity index (χ2v) is 4.92. The van der Waals surface area contributed by atoms with Crippen molar-refractivity contribution in [3.8, 4) is 0 Å². The van der Waals surface area contributed by atoms with Gasteiger partial charge in [-0.15, -0.1) is 0 Å². The Bertz CT molecular complexity index is 203. The summed E-state index contributed by atoms with van der Waals surface area (Å²) in [7, 11) is 0. The topological polar surface area (TPSA) is 60.5 Å². The first-order valence-electron chi connectivity index (χ1n) is 6.21. The summed E-state index contributed by atoms with van der Waals surface area (Å²) in [5.41, 5.74) is 0. The lowest BCUT2D eigenvalue weighted by Gasteiger charge is -2.29. The van der Waals surface area contributed by atoms with Gasteiger partial charge >= 0.3 is 0 Å². The third-order valence-electron chi connectivity index (χ3n) is 3.14. The molecule has 2 rings (SSSR count). The van der Waals surface area contributed by atoms with E-state index < -0.39 is 0 Å². The molecule has 2 heterocycles. The molecule has 2 aliphatic rings. The Morgan fingerprint density at radius 2 is 1.56 bits per heavy atom. The number of hydrogen-bond acceptors (Lipinski definition) is 5. The maximum absolute atomic E-state index is 4.54. The third kappa shape index (κ3) is 3.52. The van der Waals surface area contributed by atoms with Crippen LogP contribution in [-0.2, 0) is 0 Å². The van der Waals surface area contributed by atoms with Crippen molar-refractivity contribution in [2.24, 2.45) is 16.8 Å². The Labute approximate surface area is 97.5 Å². The lowest BCUT2D eigenvalue weighted by molar-refractivity contribution is 0.314. The fraction of sp³-hybridized carbons (Fsp3) is 0.909. The highest BCUT2D eigenvalue weighted by molar-refractivity contribution is 5.61. The van der Waals surface area contributed by atoms with E-state index >= 15 is 0 Å². The Balaban J connectivity index is 1.72. The Hall–Kier alpha value is -0.490. The van der Waals surface area contributed by atoms with Crippen molar-refractivity contribution >= 4 is 6.21 Å². The van der Waals surface area contributed by atoms with Gasteiger partial charge in [0.15, 0.2) is 6.29 Å². The number of hydrogen-bond donors (Lipinski definition) is 4. The Kier molecular flexibility index (Phi) is 4.29. The van der Waals surface area contributed by atoms with Crippen molar-refractivity contribution < 1.29 is 0 Å². The van der Waals surface area contributed by atoms with Gasteiger partial charge < -0.3 is 10.6 Å². The van der Waals surface area contributed by atoms with Crippen LogP contribution in [0.5, 0.6) is 0 Å². The molecule has 5 heteroatoms. The summed E-state index contributed by atoms with van der Waals surface area (Å²) in [5, 5.41) is 13.5. The molecule has 0 bridgehead atoms. The minimum atomic E-state index is 0.107. The predicted octanol–water partition coefficient (Wildman–Crippen LogP) is -0.675. The fourth-order valence-corrected chi connectivity index (χ4v) is 1.99. The molecule has 0 aromatic rings. The van der Waals surface area contributed by atoms with E-state index in [-0.39, 0.29) is 6.29 Å². The highest BCUT2D eigenvalue weighted by Gasteiger charge is 2.17. The highest BCUT2D eigenvalue weighted by atomic mass is 15.3. The maximum atomic E-state index is 4.54. The summed E-state index contributed by atoms with van der Waals surface area (Å²) >= 11 is 0. The van der Waals surface area contributed by atoms with Crippen molar-refractivity contribution in [1.82, 2.24) is 21.3 Å². The van der Waals surface area contributed by atoms with Gasteiger partial charge in [-0.1, -0.05) is 6.92 Å². The van der Waals surface area contributed by atoms with Crippen LogP contribution in [0.2, 0.25) is 0 Å². The quantitative estimate of drug-likeness (QED) is 0.471. The largest absolute Gasteiger partial charge is 0.301 e. The van der Waals surface area contributed by atoms with Gasteiger partial charge in [0.2, 0.25) is 0 Å². The van der Waals surface area contributed by atoms with E-state index in [1.165, 1.54) is 0 Å². The molecule has 0 saturated carbocycles. The minimum absolute atomic E-state index is 0.107. The van der Waals surface area contributed by atoms with Crippen molar-refractivity contribution in [2.75, 3.05) is 26.2 Å². The summed E-state index contributed by atoms with van der Waals surface area (Å²) in [5.74, 6) is 1.20. The van der Waals surface area contributed by atoms with E-state index in [0.717, 1.165) is 26.2 Å². The normalized spacial score (nSPS) is 41.4. The molecule has 0 radical (unpaired) electrons. The molecule has 92 valence electrons. The van der Waals surface area contributed by atoms with Gasteiger partial charge in [0.25, 0.3) is 0 Å². The molecule has 0 atom stereocenters. The van der Waals surface area contributed by atoms with Gasteiger partial charge in [0.1, 0.15) is 0 Å². The van der Waals surface area contributed by atoms with Gasteiger partial charge in [-0.3, -0.25) is 15.6 Å². The second kappa shape index (κ2) is 5.72. The Morgan fingerprint density at radius 1 is 0.938 bits per heavy atom. The molecule has 0 amide bonds. The molecule has 2 fully saturated rings. The fourth-order valence-electron chi connectivity index (χ4n) is 1.99. The van der Waals surface area contributed by atoms with E-state index in [0.29, 0.717) is 18.0 Å². The molecular weight excluding hydrogens is 202 g/mol. The van der Waals surface area contributed by atoms with Crippen LogP contribution in [0.4, 0.5) is 0 Å². The first-order chi connectivity index (χ1) is 7.74. The van der Waals surface area contributed by atoms with E-state index in [2.05, 4.69) is 46.3 Å². The van der Waals surface area contributed by atoms with Crippen LogP contribution < -0.4 is 21.3 Å². The lowest BCUT2D eigenvalue weighted by Crippen LogP contribution is -2.53. The second-order valence-electron chi connectivity index (χ2n) is 4.92. The van der Waals surface area contributed by atoms with E-state index in [4.69, 9.17) is 0 Å². The van der Waals surface area contributed by atoms with Crippen LogP contribution >= 0.6 is 0 Å². The molecule has 4 N–H and O–H groups in total. The highest BCUT2D eigenvalue weighted by Crippen LogP contribution is 2.00. The molecule has 16 heavy (non-hydrogen) atoms. The molecule has 2 aliphatic heterocycles. The summed E-state index contributed by atoms with van der Waals surface area (Å²) in [6.07, 6.45) is 2.60. The molecule has 0 aromatic heterocycles. The molecule has 2 saturated heterocycles. The van der Waals surface area contributed by atoms with Crippen LogP contribution in [0.1, 0.15) is 13.8 Å². The van der Waals surface area contributed by atoms with Crippen LogP contribution in [0.3, 0.4) is 0 Å². The standard InChI is InChI=1S/C11H23N5/c1-8-3-14-11(15-4-8)16-7-10-5-12-9(2)13-6-10/h7-15H,3-6H2,1-2H3. The molecule has 5 nitrogen and oxygen atoms in total. The van der Waals surface area contributed by atoms with Crippen molar-refractivity contribution in [1.29, 1.82) is 0 Å². The summed E-state index contributed by atoms with van der Waals surface area (Å²) in [6, 6.07) is 0. The molecule has 0 aromatic carbocycles. The molecule has 0 unspecified atom stereocenters. The average molecular weight is 225 g/mol.